The summed E-state index contributed by atoms with van der Waals surface area (Å²) in [5, 5.41) is 14.9. The van der Waals surface area contributed by atoms with Gasteiger partial charge in [-0.1, -0.05) is 54.6 Å². The molecule has 2 amide bonds. The van der Waals surface area contributed by atoms with Crippen molar-refractivity contribution < 1.29 is 14.3 Å². The molecular formula is C25H20IN3O3. The third-order valence-corrected chi connectivity index (χ3v) is 5.31. The van der Waals surface area contributed by atoms with Gasteiger partial charge in [-0.25, -0.2) is 0 Å². The van der Waals surface area contributed by atoms with Crippen molar-refractivity contribution in [3.8, 4) is 11.8 Å². The Morgan fingerprint density at radius 2 is 1.66 bits per heavy atom. The number of hydrogen-bond acceptors (Lipinski definition) is 4. The van der Waals surface area contributed by atoms with Gasteiger partial charge in [-0.2, -0.15) is 5.26 Å². The molecule has 3 rings (SSSR count). The Balaban J connectivity index is 1.53. The van der Waals surface area contributed by atoms with E-state index in [1.807, 2.05) is 60.7 Å². The van der Waals surface area contributed by atoms with Gasteiger partial charge in [-0.3, -0.25) is 9.59 Å². The van der Waals surface area contributed by atoms with Crippen molar-refractivity contribution in [3.63, 3.8) is 0 Å². The smallest absolute Gasteiger partial charge is 0.262 e. The highest BCUT2D eigenvalue weighted by molar-refractivity contribution is 14.1. The quantitative estimate of drug-likeness (QED) is 0.251. The number of anilines is 1. The molecule has 160 valence electrons. The number of amides is 2. The minimum absolute atomic E-state index is 0.00596. The van der Waals surface area contributed by atoms with Crippen molar-refractivity contribution in [3.05, 3.63) is 99.1 Å². The normalized spacial score (nSPS) is 10.7. The number of carbonyl (C=O) groups excluding carboxylic acids is 2. The molecule has 3 aromatic carbocycles. The number of nitrogens with zero attached hydrogens (tertiary/aromatic N) is 1. The molecule has 0 aromatic heterocycles. The summed E-state index contributed by atoms with van der Waals surface area (Å²) in [6.45, 7) is 0.209. The summed E-state index contributed by atoms with van der Waals surface area (Å²) in [6.07, 6.45) is 1.51. The van der Waals surface area contributed by atoms with E-state index in [1.165, 1.54) is 6.08 Å². The molecule has 0 saturated carbocycles. The third-order valence-electron chi connectivity index (χ3n) is 4.37. The summed E-state index contributed by atoms with van der Waals surface area (Å²) in [4.78, 5) is 24.4. The molecule has 0 radical (unpaired) electrons. The molecule has 0 aliphatic heterocycles. The second-order valence-electron chi connectivity index (χ2n) is 6.72. The Labute approximate surface area is 200 Å². The van der Waals surface area contributed by atoms with Crippen molar-refractivity contribution in [2.45, 2.75) is 6.54 Å². The van der Waals surface area contributed by atoms with Crippen LogP contribution < -0.4 is 15.4 Å². The zero-order chi connectivity index (χ0) is 22.8. The molecule has 0 aliphatic carbocycles. The average molecular weight is 537 g/mol. The van der Waals surface area contributed by atoms with E-state index in [0.717, 1.165) is 14.8 Å². The predicted molar refractivity (Wildman–Crippen MR) is 132 cm³/mol. The van der Waals surface area contributed by atoms with Gasteiger partial charge in [0.05, 0.1) is 5.69 Å². The van der Waals surface area contributed by atoms with Crippen molar-refractivity contribution in [2.24, 2.45) is 0 Å². The summed E-state index contributed by atoms with van der Waals surface area (Å²) < 4.78 is 6.46. The highest BCUT2D eigenvalue weighted by Gasteiger charge is 2.09. The van der Waals surface area contributed by atoms with Gasteiger partial charge in [0.1, 0.15) is 17.4 Å². The van der Waals surface area contributed by atoms with Crippen molar-refractivity contribution in [1.82, 2.24) is 5.32 Å². The molecule has 0 aliphatic rings. The van der Waals surface area contributed by atoms with Gasteiger partial charge < -0.3 is 15.4 Å². The van der Waals surface area contributed by atoms with Crippen LogP contribution in [0.1, 0.15) is 11.1 Å². The van der Waals surface area contributed by atoms with Crippen LogP contribution in [0, 0.1) is 14.9 Å². The first kappa shape index (κ1) is 23.0. The van der Waals surface area contributed by atoms with Crippen LogP contribution in [0.5, 0.6) is 5.75 Å². The maximum Gasteiger partial charge on any atom is 0.262 e. The maximum absolute atomic E-state index is 12.3. The lowest BCUT2D eigenvalue weighted by molar-refractivity contribution is -0.118. The van der Waals surface area contributed by atoms with E-state index in [0.29, 0.717) is 17.9 Å². The lowest BCUT2D eigenvalue weighted by atomic mass is 10.1. The molecule has 0 bridgehead atoms. The number of hydrogen-bond donors (Lipinski definition) is 2. The third kappa shape index (κ3) is 6.96. The van der Waals surface area contributed by atoms with E-state index >= 15 is 0 Å². The van der Waals surface area contributed by atoms with Crippen molar-refractivity contribution >= 4 is 46.2 Å². The Morgan fingerprint density at radius 3 is 2.34 bits per heavy atom. The number of para-hydroxylation sites is 1. The summed E-state index contributed by atoms with van der Waals surface area (Å²) >= 11 is 2.15. The minimum atomic E-state index is -0.441. The van der Waals surface area contributed by atoms with Crippen LogP contribution in [-0.4, -0.2) is 18.4 Å². The lowest BCUT2D eigenvalue weighted by Crippen LogP contribution is -2.23. The van der Waals surface area contributed by atoms with E-state index in [2.05, 4.69) is 33.2 Å². The van der Waals surface area contributed by atoms with Gasteiger partial charge in [-0.05, 0) is 64.1 Å². The maximum atomic E-state index is 12.3. The minimum Gasteiger partial charge on any atom is -0.484 e. The van der Waals surface area contributed by atoms with Gasteiger partial charge in [0.25, 0.3) is 11.8 Å². The molecule has 0 fully saturated rings. The molecule has 0 saturated heterocycles. The Kier molecular flexibility index (Phi) is 8.40. The molecule has 32 heavy (non-hydrogen) atoms. The SMILES string of the molecule is N#C/C(=C\c1ccc(OCC(=O)Nc2ccccc2I)cc1)C(=O)NCc1ccccc1. The van der Waals surface area contributed by atoms with Crippen LogP contribution >= 0.6 is 22.6 Å². The van der Waals surface area contributed by atoms with Gasteiger partial charge in [0.15, 0.2) is 6.61 Å². The van der Waals surface area contributed by atoms with E-state index in [-0.39, 0.29) is 18.1 Å². The van der Waals surface area contributed by atoms with Crippen LogP contribution in [0.15, 0.2) is 84.4 Å². The predicted octanol–water partition coefficient (Wildman–Crippen LogP) is 4.53. The number of halogens is 1. The molecule has 0 unspecified atom stereocenters. The van der Waals surface area contributed by atoms with Crippen LogP contribution in [-0.2, 0) is 16.1 Å². The van der Waals surface area contributed by atoms with Crippen LogP contribution in [0.25, 0.3) is 6.08 Å². The topological polar surface area (TPSA) is 91.2 Å². The van der Waals surface area contributed by atoms with Gasteiger partial charge >= 0.3 is 0 Å². The van der Waals surface area contributed by atoms with Crippen LogP contribution in [0.3, 0.4) is 0 Å². The fourth-order valence-corrected chi connectivity index (χ4v) is 3.27. The largest absolute Gasteiger partial charge is 0.484 e. The van der Waals surface area contributed by atoms with Gasteiger partial charge in [-0.15, -0.1) is 0 Å². The second-order valence-corrected chi connectivity index (χ2v) is 7.89. The number of benzene rings is 3. The van der Waals surface area contributed by atoms with E-state index in [9.17, 15) is 14.9 Å². The van der Waals surface area contributed by atoms with Crippen molar-refractivity contribution in [2.75, 3.05) is 11.9 Å². The molecule has 0 heterocycles. The number of nitriles is 1. The standard InChI is InChI=1S/C25H20IN3O3/c26-22-8-4-5-9-23(22)29-24(30)17-32-21-12-10-18(11-13-21)14-20(15-27)25(31)28-16-19-6-2-1-3-7-19/h1-14H,16-17H2,(H,28,31)(H,29,30)/b20-14+. The average Bonchev–Trinajstić information content (AvgIpc) is 2.82. The zero-order valence-corrected chi connectivity index (χ0v) is 19.2. The highest BCUT2D eigenvalue weighted by Crippen LogP contribution is 2.18. The first-order valence-corrected chi connectivity index (χ1v) is 10.8. The number of nitrogens with one attached hydrogen (secondary N) is 2. The molecule has 3 aromatic rings. The Bertz CT molecular complexity index is 1150. The second kappa shape index (κ2) is 11.7. The van der Waals surface area contributed by atoms with Gasteiger partial charge in [0, 0.05) is 10.1 Å². The number of rotatable bonds is 8. The monoisotopic (exact) mass is 537 g/mol. The fourth-order valence-electron chi connectivity index (χ4n) is 2.75. The van der Waals surface area contributed by atoms with E-state index < -0.39 is 5.91 Å². The summed E-state index contributed by atoms with van der Waals surface area (Å²) in [6, 6.07) is 25.7. The summed E-state index contributed by atoms with van der Waals surface area (Å²) in [5.74, 6) is -0.198. The molecule has 2 N–H and O–H groups in total. The Hall–Kier alpha value is -3.64. The molecular weight excluding hydrogens is 517 g/mol. The lowest BCUT2D eigenvalue weighted by Gasteiger charge is -2.09. The molecule has 7 heteroatoms. The van der Waals surface area contributed by atoms with E-state index in [1.54, 1.807) is 24.3 Å². The van der Waals surface area contributed by atoms with E-state index in [4.69, 9.17) is 4.74 Å². The van der Waals surface area contributed by atoms with Gasteiger partial charge in [0.2, 0.25) is 0 Å². The molecule has 0 atom stereocenters. The zero-order valence-electron chi connectivity index (χ0n) is 17.0. The summed E-state index contributed by atoms with van der Waals surface area (Å²) in [7, 11) is 0. The molecule has 0 spiro atoms. The van der Waals surface area contributed by atoms with Crippen LogP contribution in [0.2, 0.25) is 0 Å². The number of carbonyl (C=O) groups is 2. The summed E-state index contributed by atoms with van der Waals surface area (Å²) in [5.41, 5.74) is 2.36. The van der Waals surface area contributed by atoms with Crippen molar-refractivity contribution in [1.29, 1.82) is 5.26 Å². The highest BCUT2D eigenvalue weighted by atomic mass is 127. The fraction of sp³-hybridized carbons (Fsp3) is 0.0800. The first-order chi connectivity index (χ1) is 15.5. The van der Waals surface area contributed by atoms with Crippen LogP contribution in [0.4, 0.5) is 5.69 Å². The number of ether oxygens (including phenoxy) is 1. The Morgan fingerprint density at radius 1 is 0.969 bits per heavy atom. The molecule has 6 nitrogen and oxygen atoms in total. The first-order valence-electron chi connectivity index (χ1n) is 9.76.